The van der Waals surface area contributed by atoms with Crippen molar-refractivity contribution in [2.45, 2.75) is 26.1 Å². The highest BCUT2D eigenvalue weighted by Gasteiger charge is 2.36. The van der Waals surface area contributed by atoms with Crippen LogP contribution in [0.4, 0.5) is 18.3 Å². The molecule has 19 heavy (non-hydrogen) atoms. The molecule has 1 aromatic carbocycles. The van der Waals surface area contributed by atoms with Gasteiger partial charge in [0.15, 0.2) is 0 Å². The summed E-state index contributed by atoms with van der Waals surface area (Å²) in [5.41, 5.74) is 2.21. The molecule has 0 unspecified atom stereocenters. The Labute approximate surface area is 112 Å². The van der Waals surface area contributed by atoms with Gasteiger partial charge in [-0.25, -0.2) is 0 Å². The summed E-state index contributed by atoms with van der Waals surface area (Å²) in [5, 5.41) is 3.05. The van der Waals surface area contributed by atoms with Gasteiger partial charge in [0.2, 0.25) is 11.0 Å². The summed E-state index contributed by atoms with van der Waals surface area (Å²) in [6, 6.07) is 7.78. The number of rotatable bonds is 4. The number of halogens is 3. The maximum Gasteiger partial charge on any atom is 0.452 e. The predicted octanol–water partition coefficient (Wildman–Crippen LogP) is 3.73. The van der Waals surface area contributed by atoms with Gasteiger partial charge in [-0.3, -0.25) is 0 Å². The van der Waals surface area contributed by atoms with E-state index in [0.717, 1.165) is 17.5 Å². The minimum absolute atomic E-state index is 0.179. The number of nitrogens with one attached hydrogen (secondary N) is 1. The molecule has 0 fully saturated rings. The van der Waals surface area contributed by atoms with Gasteiger partial charge in [-0.05, 0) is 17.5 Å². The van der Waals surface area contributed by atoms with Crippen LogP contribution in [-0.2, 0) is 19.1 Å². The minimum Gasteiger partial charge on any atom is -0.356 e. The summed E-state index contributed by atoms with van der Waals surface area (Å²) >= 11 is 0.717. The Morgan fingerprint density at radius 2 is 1.89 bits per heavy atom. The third-order valence-corrected chi connectivity index (χ3v) is 3.28. The van der Waals surface area contributed by atoms with Crippen LogP contribution in [0.5, 0.6) is 0 Å². The molecule has 0 amide bonds. The molecule has 0 spiro atoms. The Hall–Kier alpha value is -1.63. The molecule has 0 radical (unpaired) electrons. The molecule has 1 aromatic heterocycles. The zero-order valence-electron chi connectivity index (χ0n) is 10.2. The minimum atomic E-state index is -4.49. The number of benzene rings is 1. The van der Waals surface area contributed by atoms with Crippen LogP contribution in [0.15, 0.2) is 24.3 Å². The van der Waals surface area contributed by atoms with Gasteiger partial charge in [-0.1, -0.05) is 31.2 Å². The third-order valence-electron chi connectivity index (χ3n) is 2.61. The number of hydrogen-bond acceptors (Lipinski definition) is 4. The molecule has 1 N–H and O–H groups in total. The number of nitrogens with zero attached hydrogens (tertiary/aromatic N) is 2. The average molecular weight is 287 g/mol. The van der Waals surface area contributed by atoms with Crippen LogP contribution in [0.25, 0.3) is 0 Å². The van der Waals surface area contributed by atoms with Crippen molar-refractivity contribution in [3.63, 3.8) is 0 Å². The van der Waals surface area contributed by atoms with Gasteiger partial charge in [0.1, 0.15) is 0 Å². The number of aryl methyl sites for hydroxylation is 1. The van der Waals surface area contributed by atoms with Crippen molar-refractivity contribution in [3.8, 4) is 0 Å². The summed E-state index contributed by atoms with van der Waals surface area (Å²) < 4.78 is 40.3. The highest BCUT2D eigenvalue weighted by atomic mass is 32.1. The van der Waals surface area contributed by atoms with E-state index < -0.39 is 12.0 Å². The van der Waals surface area contributed by atoms with Crippen molar-refractivity contribution in [2.24, 2.45) is 0 Å². The van der Waals surface area contributed by atoms with Crippen molar-refractivity contribution in [3.05, 3.63) is 41.2 Å². The molecule has 0 bridgehead atoms. The summed E-state index contributed by atoms with van der Waals surface area (Å²) in [6.07, 6.45) is -3.61. The maximum absolute atomic E-state index is 12.3. The van der Waals surface area contributed by atoms with Crippen LogP contribution in [0.2, 0.25) is 0 Å². The Morgan fingerprint density at radius 1 is 1.21 bits per heavy atom. The van der Waals surface area contributed by atoms with Gasteiger partial charge in [0.05, 0.1) is 0 Å². The fraction of sp³-hybridized carbons (Fsp3) is 0.333. The molecule has 0 saturated carbocycles. The first-order valence-electron chi connectivity index (χ1n) is 5.72. The number of alkyl halides is 3. The Balaban J connectivity index is 2.05. The van der Waals surface area contributed by atoms with Crippen LogP contribution in [0.1, 0.15) is 23.9 Å². The SMILES string of the molecule is CCc1ccccc1CNc1nc(C(F)(F)F)ns1. The fourth-order valence-electron chi connectivity index (χ4n) is 1.66. The first kappa shape index (κ1) is 13.8. The van der Waals surface area contributed by atoms with Gasteiger partial charge < -0.3 is 5.32 Å². The topological polar surface area (TPSA) is 37.8 Å². The lowest BCUT2D eigenvalue weighted by atomic mass is 10.1. The van der Waals surface area contributed by atoms with E-state index >= 15 is 0 Å². The molecule has 2 aromatic rings. The molecular formula is C12H12F3N3S. The van der Waals surface area contributed by atoms with E-state index in [-0.39, 0.29) is 5.13 Å². The second kappa shape index (κ2) is 5.56. The molecule has 0 saturated heterocycles. The van der Waals surface area contributed by atoms with Gasteiger partial charge in [-0.15, -0.1) is 0 Å². The first-order chi connectivity index (χ1) is 9.00. The lowest BCUT2D eigenvalue weighted by Gasteiger charge is -2.07. The summed E-state index contributed by atoms with van der Waals surface area (Å²) in [4.78, 5) is 3.42. The summed E-state index contributed by atoms with van der Waals surface area (Å²) in [6.45, 7) is 2.47. The standard InChI is InChI=1S/C12H12F3N3S/c1-2-8-5-3-4-6-9(8)7-16-11-17-10(18-19-11)12(13,14)15/h3-6H,2,7H2,1H3,(H,16,17,18). The van der Waals surface area contributed by atoms with Crippen molar-refractivity contribution < 1.29 is 13.2 Å². The van der Waals surface area contributed by atoms with Crippen LogP contribution < -0.4 is 5.32 Å². The zero-order valence-corrected chi connectivity index (χ0v) is 11.0. The van der Waals surface area contributed by atoms with Gasteiger partial charge in [-0.2, -0.15) is 22.5 Å². The van der Waals surface area contributed by atoms with Crippen LogP contribution in [0, 0.1) is 0 Å². The lowest BCUT2D eigenvalue weighted by molar-refractivity contribution is -0.144. The predicted molar refractivity (Wildman–Crippen MR) is 68.1 cm³/mol. The largest absolute Gasteiger partial charge is 0.452 e. The van der Waals surface area contributed by atoms with Crippen molar-refractivity contribution >= 4 is 16.7 Å². The van der Waals surface area contributed by atoms with E-state index in [1.807, 2.05) is 31.2 Å². The quantitative estimate of drug-likeness (QED) is 0.931. The molecule has 3 nitrogen and oxygen atoms in total. The average Bonchev–Trinajstić information content (AvgIpc) is 2.85. The molecule has 0 atom stereocenters. The third kappa shape index (κ3) is 3.44. The van der Waals surface area contributed by atoms with E-state index in [1.165, 1.54) is 0 Å². The summed E-state index contributed by atoms with van der Waals surface area (Å²) in [7, 11) is 0. The molecular weight excluding hydrogens is 275 g/mol. The first-order valence-corrected chi connectivity index (χ1v) is 6.49. The number of anilines is 1. The van der Waals surface area contributed by atoms with Crippen LogP contribution >= 0.6 is 11.5 Å². The monoisotopic (exact) mass is 287 g/mol. The van der Waals surface area contributed by atoms with E-state index in [9.17, 15) is 13.2 Å². The van der Waals surface area contributed by atoms with Crippen LogP contribution in [0.3, 0.4) is 0 Å². The Bertz CT molecular complexity index is 551. The van der Waals surface area contributed by atoms with E-state index in [2.05, 4.69) is 14.7 Å². The molecule has 1 heterocycles. The van der Waals surface area contributed by atoms with Crippen molar-refractivity contribution in [2.75, 3.05) is 5.32 Å². The molecule has 0 aliphatic rings. The molecule has 102 valence electrons. The van der Waals surface area contributed by atoms with Crippen molar-refractivity contribution in [1.29, 1.82) is 0 Å². The molecule has 7 heteroatoms. The molecule has 0 aliphatic heterocycles. The van der Waals surface area contributed by atoms with E-state index in [4.69, 9.17) is 0 Å². The lowest BCUT2D eigenvalue weighted by Crippen LogP contribution is -2.08. The van der Waals surface area contributed by atoms with E-state index in [0.29, 0.717) is 18.1 Å². The maximum atomic E-state index is 12.3. The Kier molecular flexibility index (Phi) is 4.04. The fourth-order valence-corrected chi connectivity index (χ4v) is 2.24. The normalized spacial score (nSPS) is 11.6. The highest BCUT2D eigenvalue weighted by molar-refractivity contribution is 7.09. The van der Waals surface area contributed by atoms with Crippen LogP contribution in [-0.4, -0.2) is 9.36 Å². The Morgan fingerprint density at radius 3 is 2.47 bits per heavy atom. The summed E-state index contributed by atoms with van der Waals surface area (Å²) in [5.74, 6) is -1.09. The van der Waals surface area contributed by atoms with Gasteiger partial charge in [0, 0.05) is 18.1 Å². The van der Waals surface area contributed by atoms with Crippen molar-refractivity contribution in [1.82, 2.24) is 9.36 Å². The zero-order chi connectivity index (χ0) is 13.9. The van der Waals surface area contributed by atoms with Gasteiger partial charge >= 0.3 is 6.18 Å². The number of aromatic nitrogens is 2. The van der Waals surface area contributed by atoms with Gasteiger partial charge in [0.25, 0.3) is 0 Å². The van der Waals surface area contributed by atoms with E-state index in [1.54, 1.807) is 0 Å². The second-order valence-electron chi connectivity index (χ2n) is 3.90. The second-order valence-corrected chi connectivity index (χ2v) is 4.65. The smallest absolute Gasteiger partial charge is 0.356 e. The molecule has 2 rings (SSSR count). The molecule has 0 aliphatic carbocycles. The highest BCUT2D eigenvalue weighted by Crippen LogP contribution is 2.29. The number of hydrogen-bond donors (Lipinski definition) is 1.